The number of nitrogens with two attached hydrogens (primary N) is 2. The van der Waals surface area contributed by atoms with Crippen LogP contribution in [0.25, 0.3) is 22.3 Å². The van der Waals surface area contributed by atoms with Crippen LogP contribution in [0.3, 0.4) is 0 Å². The van der Waals surface area contributed by atoms with Crippen LogP contribution in [0.2, 0.25) is 0 Å². The van der Waals surface area contributed by atoms with Crippen molar-refractivity contribution in [3.8, 4) is 5.75 Å². The molecule has 6 aromatic rings. The van der Waals surface area contributed by atoms with Gasteiger partial charge in [0.15, 0.2) is 36.4 Å². The number of phosphoric acid groups is 3. The quantitative estimate of drug-likeness (QED) is 0.0257. The van der Waals surface area contributed by atoms with E-state index in [4.69, 9.17) is 48.7 Å². The molecule has 0 spiro atoms. The first-order chi connectivity index (χ1) is 37.3. The third-order valence-corrected chi connectivity index (χ3v) is 18.9. The largest absolute Gasteiger partial charge is 0.490 e. The number of aryl methyl sites for hydroxylation is 1. The summed E-state index contributed by atoms with van der Waals surface area (Å²) in [5.74, 6) is -1.27. The molecule has 0 amide bonds. The first-order valence-electron chi connectivity index (χ1n) is 23.2. The molecule has 4 unspecified atom stereocenters. The molecule has 5 aromatic heterocycles. The Morgan fingerprint density at radius 2 is 1.44 bits per heavy atom. The van der Waals surface area contributed by atoms with Gasteiger partial charge in [0.25, 0.3) is 17.1 Å². The summed E-state index contributed by atoms with van der Waals surface area (Å²) in [4.78, 5) is 102. The third-order valence-electron chi connectivity index (χ3n) is 12.7. The van der Waals surface area contributed by atoms with Gasteiger partial charge in [0.2, 0.25) is 11.7 Å². The average Bonchev–Trinajstić information content (AvgIpc) is 4.23. The van der Waals surface area contributed by atoms with Gasteiger partial charge in [-0.2, -0.15) is 8.62 Å². The predicted octanol–water partition coefficient (Wildman–Crippen LogP) is -2.08. The molecule has 40 heteroatoms. The number of imidazole rings is 2. The number of fused-ring (bicyclic) bond motifs is 2. The minimum Gasteiger partial charge on any atom is -0.485 e. The highest BCUT2D eigenvalue weighted by molar-refractivity contribution is 7.66. The number of anilines is 2. The van der Waals surface area contributed by atoms with Crippen molar-refractivity contribution in [2.24, 2.45) is 13.0 Å². The maximum absolute atomic E-state index is 14.7. The number of ether oxygens (including phenoxy) is 5. The van der Waals surface area contributed by atoms with Crippen molar-refractivity contribution in [1.29, 1.82) is 0 Å². The van der Waals surface area contributed by atoms with E-state index in [2.05, 4.69) is 33.5 Å². The number of methoxy groups -OCH3 is 1. The fourth-order valence-corrected chi connectivity index (χ4v) is 14.4. The number of aromatic amines is 2. The molecule has 3 aliphatic rings. The second-order valence-electron chi connectivity index (χ2n) is 17.9. The normalized spacial score (nSPS) is 29.3. The Balaban J connectivity index is 0.929. The standard InChI is InChI=1S/C39H50N12O24P4/c1-48-17-51(33-25(48)34(56)47-38(41)46-33)35-26(53)19(9-11-66-2)20(71-35)12-68-77(60,61)74-79(64,65)75-78(62,63)69-14-22-30(76(58,59)67-13-21-27(54)28(55)36(72-21)49-10-8-23(52)45-39(49)57)29(70-18-6-4-3-5-7-18)37(73-22)50-16-44-24-31(40)42-15-43-32(24)50/h3-8,10,15-17,19-22,26-30,35-37,53-55H,9,11-14H2,1-2H3,(H9-,40,41,42,43,45,46,47,52,56,57,58,59,60,61,62,63,64,65)/p+1/t19-,20-,21-,22-,26-,27-,28-,29-,30-,35-,36-,37-/m1/s1. The van der Waals surface area contributed by atoms with Crippen LogP contribution in [0.4, 0.5) is 11.8 Å². The molecule has 36 nitrogen and oxygen atoms in total. The lowest BCUT2D eigenvalue weighted by Crippen LogP contribution is -2.45. The molecule has 0 saturated carbocycles. The molecule has 8 heterocycles. The highest BCUT2D eigenvalue weighted by Crippen LogP contribution is 2.68. The Bertz CT molecular complexity index is 3590. The maximum atomic E-state index is 14.7. The summed E-state index contributed by atoms with van der Waals surface area (Å²) in [6.07, 6.45) is -11.8. The Morgan fingerprint density at radius 1 is 0.772 bits per heavy atom. The minimum absolute atomic E-state index is 0.0111. The van der Waals surface area contributed by atoms with E-state index in [0.29, 0.717) is 0 Å². The van der Waals surface area contributed by atoms with E-state index in [1.54, 1.807) is 18.2 Å². The van der Waals surface area contributed by atoms with E-state index in [1.165, 1.54) is 46.3 Å². The number of aromatic nitrogens is 10. The topological polar surface area (TPSA) is 507 Å². The number of H-pyrrole nitrogens is 2. The summed E-state index contributed by atoms with van der Waals surface area (Å²) in [6.45, 7) is -3.27. The molecule has 79 heavy (non-hydrogen) atoms. The molecule has 13 N–H and O–H groups in total. The zero-order valence-corrected chi connectivity index (χ0v) is 44.4. The van der Waals surface area contributed by atoms with Crippen LogP contribution in [-0.2, 0) is 66.4 Å². The van der Waals surface area contributed by atoms with Crippen molar-refractivity contribution in [3.63, 3.8) is 0 Å². The minimum atomic E-state index is -6.23. The molecule has 0 aliphatic carbocycles. The summed E-state index contributed by atoms with van der Waals surface area (Å²) >= 11 is 0. The van der Waals surface area contributed by atoms with Crippen molar-refractivity contribution in [2.75, 3.05) is 45.0 Å². The van der Waals surface area contributed by atoms with Crippen LogP contribution < -0.4 is 37.6 Å². The lowest BCUT2D eigenvalue weighted by molar-refractivity contribution is -0.745. The smallest absolute Gasteiger partial charge is 0.485 e. The second kappa shape index (κ2) is 22.8. The van der Waals surface area contributed by atoms with Gasteiger partial charge in [0.05, 0.1) is 39.3 Å². The molecule has 16 atom stereocenters. The number of nitrogens with zero attached hydrogens (tertiary/aromatic N) is 8. The number of nitrogen functional groups attached to an aromatic ring is 2. The number of para-hydroxylation sites is 1. The average molecular weight is 1200 g/mol. The van der Waals surface area contributed by atoms with E-state index in [1.807, 2.05) is 4.98 Å². The molecule has 430 valence electrons. The number of phosphoric ester groups is 2. The Morgan fingerprint density at radius 3 is 2.13 bits per heavy atom. The maximum Gasteiger partial charge on any atom is 0.490 e. The molecule has 3 fully saturated rings. The van der Waals surface area contributed by atoms with Gasteiger partial charge < -0.3 is 74.6 Å². The van der Waals surface area contributed by atoms with E-state index < -0.39 is 141 Å². The number of hydrogen-bond donors (Lipinski definition) is 11. The molecule has 0 radical (unpaired) electrons. The van der Waals surface area contributed by atoms with Gasteiger partial charge >= 0.3 is 42.4 Å². The Labute approximate surface area is 441 Å². The lowest BCUT2D eigenvalue weighted by atomic mass is 9.95. The summed E-state index contributed by atoms with van der Waals surface area (Å²) in [7, 11) is -20.6. The zero-order chi connectivity index (χ0) is 56.9. The van der Waals surface area contributed by atoms with Crippen LogP contribution in [0.15, 0.2) is 76.0 Å². The van der Waals surface area contributed by atoms with Gasteiger partial charge in [-0.3, -0.25) is 46.9 Å². The van der Waals surface area contributed by atoms with Gasteiger partial charge in [-0.25, -0.2) is 38.0 Å². The monoisotopic (exact) mass is 1200 g/mol. The number of aliphatic hydroxyl groups is 3. The van der Waals surface area contributed by atoms with Gasteiger partial charge in [0.1, 0.15) is 53.8 Å². The van der Waals surface area contributed by atoms with Crippen molar-refractivity contribution in [3.05, 3.63) is 92.8 Å². The fraction of sp³-hybridized carbons (Fsp3) is 0.487. The number of benzene rings is 1. The molecular weight excluding hydrogens is 1140 g/mol. The first kappa shape index (κ1) is 58.1. The molecule has 3 aliphatic heterocycles. The van der Waals surface area contributed by atoms with E-state index in [-0.39, 0.29) is 52.9 Å². The summed E-state index contributed by atoms with van der Waals surface area (Å²) in [5.41, 5.74) is 7.32. The molecule has 1 aromatic carbocycles. The van der Waals surface area contributed by atoms with E-state index in [9.17, 15) is 67.5 Å². The van der Waals surface area contributed by atoms with Crippen molar-refractivity contribution in [1.82, 2.24) is 43.6 Å². The van der Waals surface area contributed by atoms with Gasteiger partial charge in [-0.1, -0.05) is 23.2 Å². The van der Waals surface area contributed by atoms with Crippen molar-refractivity contribution < 1.29 is 104 Å². The van der Waals surface area contributed by atoms with Crippen LogP contribution >= 0.6 is 31.1 Å². The van der Waals surface area contributed by atoms with E-state index in [0.717, 1.165) is 29.5 Å². The van der Waals surface area contributed by atoms with Crippen LogP contribution in [-0.4, -0.2) is 160 Å². The van der Waals surface area contributed by atoms with Crippen molar-refractivity contribution >= 4 is 65.2 Å². The fourth-order valence-electron chi connectivity index (χ4n) is 9.21. The summed E-state index contributed by atoms with van der Waals surface area (Å²) in [5, 5.41) is 33.2. The predicted molar refractivity (Wildman–Crippen MR) is 261 cm³/mol. The highest BCUT2D eigenvalue weighted by atomic mass is 31.3. The number of nitrogens with one attached hydrogen (secondary N) is 2. The SMILES string of the molecule is COCC[C@H]1[C@@H](O)[C@H]([n+]2cn(C)c3c(=O)[nH]c(N)nc32)O[C@@H]1COP(=O)(O)OP(=O)(O)OP(=O)(O)OC[C@H]1O[C@@H](n2cnc3c(N)ncnc32)[C@H](Oc2ccccc2)[C@@H]1P(=O)(O)OC[C@H]1O[C@@H](n2ccc(=O)[nH]c2=O)[C@H](O)[C@@H]1O. The highest BCUT2D eigenvalue weighted by Gasteiger charge is 2.59. The second-order valence-corrected chi connectivity index (χ2v) is 24.5. The number of rotatable bonds is 22. The van der Waals surface area contributed by atoms with Gasteiger partial charge in [-0.05, 0) is 18.6 Å². The lowest BCUT2D eigenvalue weighted by Gasteiger charge is -2.29. The number of hydrogen-bond acceptors (Lipinski definition) is 26. The zero-order valence-electron chi connectivity index (χ0n) is 40.8. The number of aliphatic hydroxyl groups excluding tert-OH is 3. The summed E-state index contributed by atoms with van der Waals surface area (Å²) < 4.78 is 113. The van der Waals surface area contributed by atoms with Gasteiger partial charge in [-0.15, -0.1) is 0 Å². The third kappa shape index (κ3) is 12.4. The van der Waals surface area contributed by atoms with Crippen LogP contribution in [0.5, 0.6) is 5.75 Å². The summed E-state index contributed by atoms with van der Waals surface area (Å²) in [6, 6.07) is 8.51. The Hall–Kier alpha value is -5.52. The van der Waals surface area contributed by atoms with Crippen molar-refractivity contribution in [2.45, 2.75) is 73.5 Å². The molecular formula is C39H51N12O24P4+. The van der Waals surface area contributed by atoms with Crippen LogP contribution in [0, 0.1) is 5.92 Å². The molecule has 0 bridgehead atoms. The van der Waals surface area contributed by atoms with Gasteiger partial charge in [0, 0.05) is 31.9 Å². The Kier molecular flexibility index (Phi) is 16.8. The molecule has 3 saturated heterocycles. The molecule has 9 rings (SSSR count). The van der Waals surface area contributed by atoms with Crippen LogP contribution in [0.1, 0.15) is 25.1 Å². The van der Waals surface area contributed by atoms with E-state index >= 15 is 0 Å². The first-order valence-corrected chi connectivity index (χ1v) is 29.3.